The molecule has 0 heterocycles. The highest BCUT2D eigenvalue weighted by atomic mass is 16.6. The fourth-order valence-electron chi connectivity index (χ4n) is 5.89. The van der Waals surface area contributed by atoms with Gasteiger partial charge in [0.1, 0.15) is 12.2 Å². The third-order valence-electron chi connectivity index (χ3n) is 7.01. The van der Waals surface area contributed by atoms with E-state index in [1.807, 2.05) is 13.8 Å². The molecule has 0 radical (unpaired) electrons. The van der Waals surface area contributed by atoms with Gasteiger partial charge in [-0.2, -0.15) is 0 Å². The van der Waals surface area contributed by atoms with E-state index in [0.717, 1.165) is 37.7 Å². The van der Waals surface area contributed by atoms with Gasteiger partial charge >= 0.3 is 11.9 Å². The first-order valence-corrected chi connectivity index (χ1v) is 10.2. The summed E-state index contributed by atoms with van der Waals surface area (Å²) < 4.78 is 5.67. The molecule has 0 saturated heterocycles. The van der Waals surface area contributed by atoms with Crippen molar-refractivity contribution in [2.24, 2.45) is 22.7 Å². The molecule has 0 bridgehead atoms. The first kappa shape index (κ1) is 21.9. The summed E-state index contributed by atoms with van der Waals surface area (Å²) in [5.41, 5.74) is 1.95. The highest BCUT2D eigenvalue weighted by Crippen LogP contribution is 2.61. The standard InChI is InChI=1S/C22H36O5/c1-13(12-17(24)25)8-9-16-14(2)18(26)19(27-15(3)23)20-21(4,5)10-7-11-22(16,20)6/h13,18-20,26H,7-12H2,1-6H3,(H,24,25)/t13-,18+,19+,20+,22+/m0/s1. The zero-order chi connectivity index (χ0) is 20.6. The molecule has 0 aromatic rings. The van der Waals surface area contributed by atoms with Crippen molar-refractivity contribution >= 4 is 11.9 Å². The molecule has 5 heteroatoms. The van der Waals surface area contributed by atoms with Gasteiger partial charge in [0, 0.05) is 19.3 Å². The number of ether oxygens (including phenoxy) is 1. The van der Waals surface area contributed by atoms with Gasteiger partial charge in [0.05, 0.1) is 0 Å². The maximum atomic E-state index is 11.7. The van der Waals surface area contributed by atoms with Crippen molar-refractivity contribution in [1.29, 1.82) is 0 Å². The number of esters is 1. The fraction of sp³-hybridized carbons (Fsp3) is 0.818. The van der Waals surface area contributed by atoms with Gasteiger partial charge in [-0.05, 0) is 54.9 Å². The molecule has 27 heavy (non-hydrogen) atoms. The van der Waals surface area contributed by atoms with E-state index in [4.69, 9.17) is 9.84 Å². The molecule has 0 aliphatic heterocycles. The smallest absolute Gasteiger partial charge is 0.303 e. The van der Waals surface area contributed by atoms with Crippen LogP contribution in [0.5, 0.6) is 0 Å². The summed E-state index contributed by atoms with van der Waals surface area (Å²) >= 11 is 0. The predicted octanol–water partition coefficient (Wildman–Crippen LogP) is 4.33. The van der Waals surface area contributed by atoms with Crippen LogP contribution in [0.2, 0.25) is 0 Å². The number of carbonyl (C=O) groups excluding carboxylic acids is 1. The number of carboxylic acid groups (broad SMARTS) is 1. The van der Waals surface area contributed by atoms with Gasteiger partial charge < -0.3 is 14.9 Å². The molecule has 2 N–H and O–H groups in total. The van der Waals surface area contributed by atoms with Crippen LogP contribution in [0, 0.1) is 22.7 Å². The van der Waals surface area contributed by atoms with Crippen molar-refractivity contribution in [1.82, 2.24) is 0 Å². The lowest BCUT2D eigenvalue weighted by molar-refractivity contribution is -0.173. The van der Waals surface area contributed by atoms with Crippen molar-refractivity contribution < 1.29 is 24.5 Å². The summed E-state index contributed by atoms with van der Waals surface area (Å²) in [6.45, 7) is 12.0. The van der Waals surface area contributed by atoms with E-state index in [1.54, 1.807) is 0 Å². The molecule has 5 nitrogen and oxygen atoms in total. The van der Waals surface area contributed by atoms with Crippen LogP contribution in [0.1, 0.15) is 80.1 Å². The Bertz CT molecular complexity index is 620. The van der Waals surface area contributed by atoms with E-state index >= 15 is 0 Å². The minimum atomic E-state index is -0.797. The molecule has 2 aliphatic rings. The molecule has 0 aromatic heterocycles. The van der Waals surface area contributed by atoms with Crippen molar-refractivity contribution in [3.05, 3.63) is 11.1 Å². The summed E-state index contributed by atoms with van der Waals surface area (Å²) in [6, 6.07) is 0. The Morgan fingerprint density at radius 1 is 1.26 bits per heavy atom. The second kappa shape index (κ2) is 7.94. The molecule has 2 aliphatic carbocycles. The van der Waals surface area contributed by atoms with Crippen molar-refractivity contribution in [3.63, 3.8) is 0 Å². The molecule has 5 atom stereocenters. The lowest BCUT2D eigenvalue weighted by atomic mass is 9.48. The minimum absolute atomic E-state index is 0.0473. The average molecular weight is 381 g/mol. The Kier molecular flexibility index (Phi) is 6.45. The van der Waals surface area contributed by atoms with Crippen LogP contribution in [-0.4, -0.2) is 34.4 Å². The maximum absolute atomic E-state index is 11.7. The molecule has 1 saturated carbocycles. The molecule has 0 spiro atoms. The number of carboxylic acids is 1. The Hall–Kier alpha value is -1.36. The lowest BCUT2D eigenvalue weighted by Crippen LogP contribution is -2.57. The van der Waals surface area contributed by atoms with Crippen molar-refractivity contribution in [2.75, 3.05) is 0 Å². The Balaban J connectivity index is 2.41. The zero-order valence-electron chi connectivity index (χ0n) is 17.7. The van der Waals surface area contributed by atoms with Crippen LogP contribution in [-0.2, 0) is 14.3 Å². The van der Waals surface area contributed by atoms with Gasteiger partial charge in [-0.25, -0.2) is 0 Å². The summed E-state index contributed by atoms with van der Waals surface area (Å²) in [7, 11) is 0. The van der Waals surface area contributed by atoms with Crippen LogP contribution in [0.25, 0.3) is 0 Å². The number of aliphatic hydroxyl groups excluding tert-OH is 1. The highest BCUT2D eigenvalue weighted by Gasteiger charge is 2.57. The second-order valence-electron chi connectivity index (χ2n) is 9.66. The van der Waals surface area contributed by atoms with Gasteiger partial charge in [-0.15, -0.1) is 0 Å². The van der Waals surface area contributed by atoms with Crippen LogP contribution < -0.4 is 0 Å². The quantitative estimate of drug-likeness (QED) is 0.529. The Labute approximate surface area is 163 Å². The fourth-order valence-corrected chi connectivity index (χ4v) is 5.89. The highest BCUT2D eigenvalue weighted by molar-refractivity contribution is 5.67. The summed E-state index contributed by atoms with van der Waals surface area (Å²) in [6.07, 6.45) is 3.56. The number of aliphatic carboxylic acids is 1. The van der Waals surface area contributed by atoms with E-state index in [2.05, 4.69) is 20.8 Å². The zero-order valence-corrected chi connectivity index (χ0v) is 17.7. The molecule has 2 rings (SSSR count). The van der Waals surface area contributed by atoms with E-state index in [1.165, 1.54) is 12.5 Å². The van der Waals surface area contributed by atoms with Gasteiger partial charge in [0.2, 0.25) is 0 Å². The third-order valence-corrected chi connectivity index (χ3v) is 7.01. The number of allylic oxidation sites excluding steroid dienone is 1. The molecular weight excluding hydrogens is 344 g/mol. The number of carbonyl (C=O) groups is 2. The lowest BCUT2D eigenvalue weighted by Gasteiger charge is -2.58. The van der Waals surface area contributed by atoms with Gasteiger partial charge in [-0.3, -0.25) is 9.59 Å². The van der Waals surface area contributed by atoms with E-state index < -0.39 is 18.2 Å². The van der Waals surface area contributed by atoms with E-state index in [9.17, 15) is 14.7 Å². The number of hydrogen-bond acceptors (Lipinski definition) is 4. The van der Waals surface area contributed by atoms with Crippen LogP contribution in [0.3, 0.4) is 0 Å². The summed E-state index contributed by atoms with van der Waals surface area (Å²) in [5, 5.41) is 20.1. The molecule has 1 fully saturated rings. The number of fused-ring (bicyclic) bond motifs is 1. The summed E-state index contributed by atoms with van der Waals surface area (Å²) in [4.78, 5) is 22.7. The van der Waals surface area contributed by atoms with Crippen LogP contribution >= 0.6 is 0 Å². The molecule has 0 unspecified atom stereocenters. The van der Waals surface area contributed by atoms with Crippen LogP contribution in [0.4, 0.5) is 0 Å². The first-order valence-electron chi connectivity index (χ1n) is 10.2. The van der Waals surface area contributed by atoms with Gasteiger partial charge in [-0.1, -0.05) is 39.7 Å². The third kappa shape index (κ3) is 4.39. The van der Waals surface area contributed by atoms with E-state index in [0.29, 0.717) is 0 Å². The average Bonchev–Trinajstić information content (AvgIpc) is 2.49. The Morgan fingerprint density at radius 2 is 1.89 bits per heavy atom. The first-order chi connectivity index (χ1) is 12.4. The minimum Gasteiger partial charge on any atom is -0.481 e. The SMILES string of the molecule is CC(=O)O[C@@H]1[C@H](O)C(C)=C(CC[C@H](C)CC(=O)O)[C@@]2(C)CCCC(C)(C)[C@@H]12. The van der Waals surface area contributed by atoms with Crippen molar-refractivity contribution in [3.8, 4) is 0 Å². The molecule has 154 valence electrons. The number of rotatable bonds is 6. The van der Waals surface area contributed by atoms with Gasteiger partial charge in [0.15, 0.2) is 0 Å². The topological polar surface area (TPSA) is 83.8 Å². The monoisotopic (exact) mass is 380 g/mol. The predicted molar refractivity (Wildman–Crippen MR) is 104 cm³/mol. The van der Waals surface area contributed by atoms with Crippen molar-refractivity contribution in [2.45, 2.75) is 92.3 Å². The molecule has 0 amide bonds. The van der Waals surface area contributed by atoms with E-state index in [-0.39, 0.29) is 35.1 Å². The second-order valence-corrected chi connectivity index (χ2v) is 9.66. The van der Waals surface area contributed by atoms with Gasteiger partial charge in [0.25, 0.3) is 0 Å². The number of hydrogen-bond donors (Lipinski definition) is 2. The largest absolute Gasteiger partial charge is 0.481 e. The number of aliphatic hydroxyl groups is 1. The van der Waals surface area contributed by atoms with Crippen LogP contribution in [0.15, 0.2) is 11.1 Å². The molecule has 0 aromatic carbocycles. The normalized spacial score (nSPS) is 34.0. The Morgan fingerprint density at radius 3 is 2.44 bits per heavy atom. The maximum Gasteiger partial charge on any atom is 0.303 e. The summed E-state index contributed by atoms with van der Waals surface area (Å²) in [5.74, 6) is -0.986. The molecular formula is C22H36O5.